The zero-order valence-corrected chi connectivity index (χ0v) is 12.0. The van der Waals surface area contributed by atoms with E-state index in [1.807, 2.05) is 0 Å². The Bertz CT molecular complexity index is 605. The van der Waals surface area contributed by atoms with E-state index in [0.29, 0.717) is 13.0 Å². The van der Waals surface area contributed by atoms with Crippen molar-refractivity contribution >= 4 is 11.9 Å². The van der Waals surface area contributed by atoms with E-state index >= 15 is 0 Å². The van der Waals surface area contributed by atoms with Crippen molar-refractivity contribution in [3.05, 3.63) is 47.4 Å². The highest BCUT2D eigenvalue weighted by molar-refractivity contribution is 5.99. The normalized spacial score (nSPS) is 12.1. The van der Waals surface area contributed by atoms with Gasteiger partial charge in [0.1, 0.15) is 23.5 Å². The summed E-state index contributed by atoms with van der Waals surface area (Å²) in [4.78, 5) is 22.3. The number of aliphatic carboxylic acids is 1. The minimum absolute atomic E-state index is 0.216. The van der Waals surface area contributed by atoms with Crippen LogP contribution in [0.5, 0.6) is 0 Å². The molecule has 0 bridgehead atoms. The number of benzene rings is 1. The van der Waals surface area contributed by atoms with Crippen molar-refractivity contribution in [2.75, 3.05) is 6.54 Å². The maximum atomic E-state index is 12.7. The lowest BCUT2D eigenvalue weighted by Crippen LogP contribution is -2.39. The van der Waals surface area contributed by atoms with Crippen LogP contribution in [0.2, 0.25) is 0 Å². The molecule has 116 valence electrons. The second kappa shape index (κ2) is 8.42. The predicted octanol–water partition coefficient (Wildman–Crippen LogP) is 0.955. The van der Waals surface area contributed by atoms with Gasteiger partial charge in [-0.25, -0.2) is 4.39 Å². The minimum atomic E-state index is -1.19. The Balaban J connectivity index is 2.48. The van der Waals surface area contributed by atoms with Crippen LogP contribution in [0.3, 0.4) is 0 Å². The zero-order valence-electron chi connectivity index (χ0n) is 12.0. The number of carbonyl (C=O) groups excluding carboxylic acids is 1. The molecular formula is C15H16FN3O3. The third-order valence-corrected chi connectivity index (χ3v) is 2.80. The van der Waals surface area contributed by atoms with E-state index in [0.717, 1.165) is 5.56 Å². The number of carboxylic acids is 1. The molecule has 1 rings (SSSR count). The Hall–Kier alpha value is -2.88. The first kappa shape index (κ1) is 17.2. The molecule has 0 aliphatic rings. The Morgan fingerprint density at radius 3 is 2.59 bits per heavy atom. The number of amides is 1. The first-order valence-electron chi connectivity index (χ1n) is 6.55. The van der Waals surface area contributed by atoms with Gasteiger partial charge in [0, 0.05) is 12.7 Å². The van der Waals surface area contributed by atoms with E-state index < -0.39 is 17.9 Å². The lowest BCUT2D eigenvalue weighted by molar-refractivity contribution is -0.140. The van der Waals surface area contributed by atoms with Gasteiger partial charge in [-0.1, -0.05) is 12.1 Å². The average molecular weight is 305 g/mol. The number of nitrogens with one attached hydrogen (secondary N) is 2. The number of rotatable bonds is 7. The third kappa shape index (κ3) is 5.63. The van der Waals surface area contributed by atoms with Crippen LogP contribution in [-0.4, -0.2) is 29.6 Å². The van der Waals surface area contributed by atoms with Crippen molar-refractivity contribution in [2.45, 2.75) is 19.4 Å². The molecule has 0 fully saturated rings. The largest absolute Gasteiger partial charge is 0.480 e. The van der Waals surface area contributed by atoms with Gasteiger partial charge in [-0.3, -0.25) is 9.59 Å². The summed E-state index contributed by atoms with van der Waals surface area (Å²) >= 11 is 0. The summed E-state index contributed by atoms with van der Waals surface area (Å²) < 4.78 is 12.7. The van der Waals surface area contributed by atoms with E-state index in [1.54, 1.807) is 18.2 Å². The third-order valence-electron chi connectivity index (χ3n) is 2.80. The quantitative estimate of drug-likeness (QED) is 0.395. The highest BCUT2D eigenvalue weighted by Crippen LogP contribution is 2.02. The average Bonchev–Trinajstić information content (AvgIpc) is 2.48. The molecule has 3 N–H and O–H groups in total. The topological polar surface area (TPSA) is 102 Å². The number of hydrogen-bond acceptors (Lipinski definition) is 4. The van der Waals surface area contributed by atoms with Crippen LogP contribution < -0.4 is 10.6 Å². The number of nitriles is 1. The highest BCUT2D eigenvalue weighted by Gasteiger charge is 2.16. The van der Waals surface area contributed by atoms with E-state index in [4.69, 9.17) is 10.4 Å². The van der Waals surface area contributed by atoms with Gasteiger partial charge in [-0.15, -0.1) is 0 Å². The molecule has 0 saturated carbocycles. The van der Waals surface area contributed by atoms with Crippen molar-refractivity contribution in [3.63, 3.8) is 0 Å². The number of carboxylic acid groups (broad SMARTS) is 1. The van der Waals surface area contributed by atoms with Gasteiger partial charge in [-0.2, -0.15) is 5.26 Å². The van der Waals surface area contributed by atoms with E-state index in [2.05, 4.69) is 10.6 Å². The van der Waals surface area contributed by atoms with Gasteiger partial charge in [0.15, 0.2) is 0 Å². The van der Waals surface area contributed by atoms with Gasteiger partial charge < -0.3 is 15.7 Å². The molecule has 0 radical (unpaired) electrons. The number of nitrogens with zero attached hydrogens (tertiary/aromatic N) is 1. The summed E-state index contributed by atoms with van der Waals surface area (Å²) in [6, 6.07) is 6.62. The molecule has 7 heteroatoms. The Kier molecular flexibility index (Phi) is 6.57. The fraction of sp³-hybridized carbons (Fsp3) is 0.267. The van der Waals surface area contributed by atoms with Crippen molar-refractivity contribution < 1.29 is 19.1 Å². The summed E-state index contributed by atoms with van der Waals surface area (Å²) in [5.74, 6) is -2.26. The molecule has 0 spiro atoms. The van der Waals surface area contributed by atoms with Crippen LogP contribution in [0.1, 0.15) is 12.5 Å². The van der Waals surface area contributed by atoms with Crippen LogP contribution in [0, 0.1) is 17.1 Å². The minimum Gasteiger partial charge on any atom is -0.480 e. The molecular weight excluding hydrogens is 289 g/mol. The maximum absolute atomic E-state index is 12.7. The Labute approximate surface area is 127 Å². The van der Waals surface area contributed by atoms with E-state index in [-0.39, 0.29) is 11.4 Å². The van der Waals surface area contributed by atoms with Crippen molar-refractivity contribution in [2.24, 2.45) is 0 Å². The van der Waals surface area contributed by atoms with Crippen molar-refractivity contribution in [3.8, 4) is 6.07 Å². The molecule has 0 aromatic heterocycles. The molecule has 22 heavy (non-hydrogen) atoms. The molecule has 0 aliphatic carbocycles. The molecule has 1 aromatic rings. The second-order valence-electron chi connectivity index (χ2n) is 4.53. The SMILES string of the molecule is CC(NC(=O)/C(C#N)=C\NCCc1ccc(F)cc1)C(=O)O. The fourth-order valence-corrected chi connectivity index (χ4v) is 1.53. The Morgan fingerprint density at radius 2 is 2.05 bits per heavy atom. The smallest absolute Gasteiger partial charge is 0.325 e. The lowest BCUT2D eigenvalue weighted by atomic mass is 10.1. The first-order chi connectivity index (χ1) is 10.4. The standard InChI is InChI=1S/C15H16FN3O3/c1-10(15(21)22)19-14(20)12(8-17)9-18-7-6-11-2-4-13(16)5-3-11/h2-5,9-10,18H,6-7H2,1H3,(H,19,20)(H,21,22)/b12-9-. The summed E-state index contributed by atoms with van der Waals surface area (Å²) in [7, 11) is 0. The number of hydrogen-bond donors (Lipinski definition) is 3. The van der Waals surface area contributed by atoms with Crippen molar-refractivity contribution in [1.29, 1.82) is 5.26 Å². The zero-order chi connectivity index (χ0) is 16.5. The van der Waals surface area contributed by atoms with Gasteiger partial charge in [0.2, 0.25) is 0 Å². The van der Waals surface area contributed by atoms with Crippen LogP contribution in [0.4, 0.5) is 4.39 Å². The van der Waals surface area contributed by atoms with Gasteiger partial charge >= 0.3 is 5.97 Å². The number of halogens is 1. The lowest BCUT2D eigenvalue weighted by Gasteiger charge is -2.08. The highest BCUT2D eigenvalue weighted by atomic mass is 19.1. The monoisotopic (exact) mass is 305 g/mol. The van der Waals surface area contributed by atoms with Gasteiger partial charge in [-0.05, 0) is 31.0 Å². The molecule has 0 heterocycles. The van der Waals surface area contributed by atoms with Crippen LogP contribution in [0.25, 0.3) is 0 Å². The summed E-state index contributed by atoms with van der Waals surface area (Å²) in [5.41, 5.74) is 0.692. The second-order valence-corrected chi connectivity index (χ2v) is 4.53. The molecule has 6 nitrogen and oxygen atoms in total. The summed E-state index contributed by atoms with van der Waals surface area (Å²) in [6.45, 7) is 1.75. The Morgan fingerprint density at radius 1 is 1.41 bits per heavy atom. The predicted molar refractivity (Wildman–Crippen MR) is 77.0 cm³/mol. The molecule has 1 unspecified atom stereocenters. The van der Waals surface area contributed by atoms with Gasteiger partial charge in [0.05, 0.1) is 0 Å². The van der Waals surface area contributed by atoms with Gasteiger partial charge in [0.25, 0.3) is 5.91 Å². The van der Waals surface area contributed by atoms with E-state index in [1.165, 1.54) is 25.3 Å². The molecule has 1 atom stereocenters. The first-order valence-corrected chi connectivity index (χ1v) is 6.55. The van der Waals surface area contributed by atoms with Crippen LogP contribution >= 0.6 is 0 Å². The molecule has 0 aliphatic heterocycles. The van der Waals surface area contributed by atoms with Crippen LogP contribution in [-0.2, 0) is 16.0 Å². The summed E-state index contributed by atoms with van der Waals surface area (Å²) in [5, 5.41) is 22.6. The van der Waals surface area contributed by atoms with Crippen LogP contribution in [0.15, 0.2) is 36.0 Å². The van der Waals surface area contributed by atoms with E-state index in [9.17, 15) is 14.0 Å². The molecule has 1 aromatic carbocycles. The number of carbonyl (C=O) groups is 2. The van der Waals surface area contributed by atoms with Crippen molar-refractivity contribution in [1.82, 2.24) is 10.6 Å². The fourth-order valence-electron chi connectivity index (χ4n) is 1.53. The molecule has 1 amide bonds. The maximum Gasteiger partial charge on any atom is 0.325 e. The summed E-state index contributed by atoms with van der Waals surface area (Å²) in [6.07, 6.45) is 1.82. The molecule has 0 saturated heterocycles.